The van der Waals surface area contributed by atoms with Crippen molar-refractivity contribution in [2.75, 3.05) is 5.32 Å². The molecule has 0 fully saturated rings. The van der Waals surface area contributed by atoms with Gasteiger partial charge in [-0.15, -0.1) is 11.3 Å². The number of thiazole rings is 1. The standard InChI is InChI=1S/C12H10ClN3O3S/c13-8-4-2-1-3-7(8)9(10(17)18)15-11(19)16-12-14-5-6-20-12/h1-6,9H,(H,17,18)(H2,14,15,16,19)/t9-/m1/s1. The van der Waals surface area contributed by atoms with Crippen LogP contribution in [0.15, 0.2) is 35.8 Å². The molecular formula is C12H10ClN3O3S. The molecule has 0 spiro atoms. The highest BCUT2D eigenvalue weighted by Crippen LogP contribution is 2.23. The Morgan fingerprint density at radius 1 is 1.35 bits per heavy atom. The van der Waals surface area contributed by atoms with E-state index in [-0.39, 0.29) is 5.02 Å². The first-order chi connectivity index (χ1) is 9.58. The molecule has 0 unspecified atom stereocenters. The molecule has 8 heteroatoms. The smallest absolute Gasteiger partial charge is 0.331 e. The van der Waals surface area contributed by atoms with Crippen LogP contribution < -0.4 is 10.6 Å². The van der Waals surface area contributed by atoms with Crippen molar-refractivity contribution in [3.05, 3.63) is 46.4 Å². The SMILES string of the molecule is O=C(Nc1nccs1)N[C@@H](C(=O)O)c1ccccc1Cl. The van der Waals surface area contributed by atoms with Crippen LogP contribution in [-0.4, -0.2) is 22.1 Å². The molecule has 2 amide bonds. The van der Waals surface area contributed by atoms with Crippen molar-refractivity contribution in [3.63, 3.8) is 0 Å². The van der Waals surface area contributed by atoms with Gasteiger partial charge in [-0.3, -0.25) is 5.32 Å². The highest BCUT2D eigenvalue weighted by molar-refractivity contribution is 7.13. The van der Waals surface area contributed by atoms with Crippen molar-refractivity contribution in [2.45, 2.75) is 6.04 Å². The molecule has 0 aliphatic carbocycles. The highest BCUT2D eigenvalue weighted by atomic mass is 35.5. The maximum absolute atomic E-state index is 11.7. The van der Waals surface area contributed by atoms with Gasteiger partial charge in [0.05, 0.1) is 0 Å². The Morgan fingerprint density at radius 2 is 2.10 bits per heavy atom. The summed E-state index contributed by atoms with van der Waals surface area (Å²) in [5.74, 6) is -1.20. The second kappa shape index (κ2) is 6.36. The van der Waals surface area contributed by atoms with Crippen molar-refractivity contribution in [2.24, 2.45) is 0 Å². The Kier molecular flexibility index (Phi) is 4.54. The molecule has 1 heterocycles. The quantitative estimate of drug-likeness (QED) is 0.809. The van der Waals surface area contributed by atoms with Gasteiger partial charge in [0.1, 0.15) is 0 Å². The Morgan fingerprint density at radius 3 is 2.70 bits per heavy atom. The summed E-state index contributed by atoms with van der Waals surface area (Å²) >= 11 is 7.17. The van der Waals surface area contributed by atoms with Crippen LogP contribution in [0.1, 0.15) is 11.6 Å². The molecule has 6 nitrogen and oxygen atoms in total. The summed E-state index contributed by atoms with van der Waals surface area (Å²) < 4.78 is 0. The molecule has 1 aromatic carbocycles. The van der Waals surface area contributed by atoms with Crippen molar-refractivity contribution in [1.29, 1.82) is 0 Å². The number of carbonyl (C=O) groups excluding carboxylic acids is 1. The van der Waals surface area contributed by atoms with E-state index in [4.69, 9.17) is 11.6 Å². The van der Waals surface area contributed by atoms with E-state index in [2.05, 4.69) is 15.6 Å². The third-order valence-electron chi connectivity index (χ3n) is 2.39. The maximum atomic E-state index is 11.7. The van der Waals surface area contributed by atoms with Gasteiger partial charge in [-0.2, -0.15) is 0 Å². The van der Waals surface area contributed by atoms with Crippen LogP contribution in [0.3, 0.4) is 0 Å². The predicted molar refractivity (Wildman–Crippen MR) is 76.1 cm³/mol. The molecule has 3 N–H and O–H groups in total. The second-order valence-electron chi connectivity index (χ2n) is 3.73. The molecule has 0 aliphatic rings. The number of carboxylic acid groups (broad SMARTS) is 1. The number of rotatable bonds is 4. The lowest BCUT2D eigenvalue weighted by Gasteiger charge is -2.16. The van der Waals surface area contributed by atoms with Gasteiger partial charge >= 0.3 is 12.0 Å². The first-order valence-corrected chi connectivity index (χ1v) is 6.78. The molecule has 1 aromatic heterocycles. The molecule has 1 atom stereocenters. The summed E-state index contributed by atoms with van der Waals surface area (Å²) in [6, 6.07) is 4.55. The lowest BCUT2D eigenvalue weighted by molar-refractivity contribution is -0.139. The van der Waals surface area contributed by atoms with Crippen molar-refractivity contribution < 1.29 is 14.7 Å². The Balaban J connectivity index is 2.12. The van der Waals surface area contributed by atoms with Gasteiger partial charge in [-0.25, -0.2) is 14.6 Å². The zero-order chi connectivity index (χ0) is 14.5. The predicted octanol–water partition coefficient (Wildman–Crippen LogP) is 2.74. The van der Waals surface area contributed by atoms with Crippen molar-refractivity contribution >= 4 is 40.1 Å². The molecule has 0 radical (unpaired) electrons. The van der Waals surface area contributed by atoms with E-state index < -0.39 is 18.0 Å². The van der Waals surface area contributed by atoms with Gasteiger partial charge in [0.25, 0.3) is 0 Å². The Hall–Kier alpha value is -2.12. The fourth-order valence-electron chi connectivity index (χ4n) is 1.53. The number of hydrogen-bond donors (Lipinski definition) is 3. The minimum Gasteiger partial charge on any atom is -0.479 e. The fourth-order valence-corrected chi connectivity index (χ4v) is 2.30. The van der Waals surface area contributed by atoms with Crippen LogP contribution >= 0.6 is 22.9 Å². The number of carboxylic acids is 1. The van der Waals surface area contributed by atoms with E-state index in [0.29, 0.717) is 10.7 Å². The zero-order valence-electron chi connectivity index (χ0n) is 10.0. The van der Waals surface area contributed by atoms with Gasteiger partial charge in [0, 0.05) is 22.2 Å². The van der Waals surface area contributed by atoms with E-state index in [1.165, 1.54) is 17.5 Å². The maximum Gasteiger partial charge on any atom is 0.331 e. The average molecular weight is 312 g/mol. The number of nitrogens with one attached hydrogen (secondary N) is 2. The molecule has 0 saturated carbocycles. The van der Waals surface area contributed by atoms with Crippen LogP contribution in [-0.2, 0) is 4.79 Å². The number of aliphatic carboxylic acids is 1. The first-order valence-electron chi connectivity index (χ1n) is 5.52. The van der Waals surface area contributed by atoms with Gasteiger partial charge in [0.15, 0.2) is 11.2 Å². The molecule has 2 rings (SSSR count). The lowest BCUT2D eigenvalue weighted by Crippen LogP contribution is -2.36. The highest BCUT2D eigenvalue weighted by Gasteiger charge is 2.24. The number of hydrogen-bond acceptors (Lipinski definition) is 4. The van der Waals surface area contributed by atoms with E-state index >= 15 is 0 Å². The molecule has 0 saturated heterocycles. The Labute approximate surface area is 123 Å². The number of aromatic nitrogens is 1. The lowest BCUT2D eigenvalue weighted by atomic mass is 10.1. The number of urea groups is 1. The minimum atomic E-state index is -1.23. The summed E-state index contributed by atoms with van der Waals surface area (Å²) in [5, 5.41) is 16.3. The summed E-state index contributed by atoms with van der Waals surface area (Å²) in [6.45, 7) is 0. The van der Waals surface area contributed by atoms with E-state index in [1.807, 2.05) is 0 Å². The third kappa shape index (κ3) is 3.46. The average Bonchev–Trinajstić information content (AvgIpc) is 2.89. The van der Waals surface area contributed by atoms with E-state index in [1.54, 1.807) is 29.6 Å². The second-order valence-corrected chi connectivity index (χ2v) is 5.03. The largest absolute Gasteiger partial charge is 0.479 e. The summed E-state index contributed by atoms with van der Waals surface area (Å²) in [4.78, 5) is 26.9. The zero-order valence-corrected chi connectivity index (χ0v) is 11.6. The number of benzene rings is 1. The number of carbonyl (C=O) groups is 2. The van der Waals surface area contributed by atoms with Crippen LogP contribution in [0.5, 0.6) is 0 Å². The monoisotopic (exact) mass is 311 g/mol. The van der Waals surface area contributed by atoms with Crippen LogP contribution in [0.25, 0.3) is 0 Å². The Bertz CT molecular complexity index is 618. The minimum absolute atomic E-state index is 0.273. The third-order valence-corrected chi connectivity index (χ3v) is 3.42. The molecular weight excluding hydrogens is 302 g/mol. The fraction of sp³-hybridized carbons (Fsp3) is 0.0833. The van der Waals surface area contributed by atoms with Crippen LogP contribution in [0, 0.1) is 0 Å². The number of nitrogens with zero attached hydrogens (tertiary/aromatic N) is 1. The van der Waals surface area contributed by atoms with Crippen molar-refractivity contribution in [1.82, 2.24) is 10.3 Å². The normalized spacial score (nSPS) is 11.7. The van der Waals surface area contributed by atoms with Gasteiger partial charge in [-0.05, 0) is 6.07 Å². The van der Waals surface area contributed by atoms with Gasteiger partial charge < -0.3 is 10.4 Å². The molecule has 2 aromatic rings. The van der Waals surface area contributed by atoms with Crippen molar-refractivity contribution in [3.8, 4) is 0 Å². The number of halogens is 1. The molecule has 20 heavy (non-hydrogen) atoms. The topological polar surface area (TPSA) is 91.3 Å². The molecule has 104 valence electrons. The van der Waals surface area contributed by atoms with Crippen LogP contribution in [0.2, 0.25) is 5.02 Å². The first kappa shape index (κ1) is 14.3. The van der Waals surface area contributed by atoms with Gasteiger partial charge in [0.2, 0.25) is 0 Å². The summed E-state index contributed by atoms with van der Waals surface area (Å²) in [5.41, 5.74) is 0.316. The van der Waals surface area contributed by atoms with E-state index in [0.717, 1.165) is 0 Å². The summed E-state index contributed by atoms with van der Waals surface area (Å²) in [7, 11) is 0. The number of anilines is 1. The van der Waals surface area contributed by atoms with Gasteiger partial charge in [-0.1, -0.05) is 29.8 Å². The molecule has 0 aliphatic heterocycles. The van der Waals surface area contributed by atoms with Crippen LogP contribution in [0.4, 0.5) is 9.93 Å². The summed E-state index contributed by atoms with van der Waals surface area (Å²) in [6.07, 6.45) is 1.53. The molecule has 0 bridgehead atoms. The number of amides is 2. The van der Waals surface area contributed by atoms with E-state index in [9.17, 15) is 14.7 Å².